The van der Waals surface area contributed by atoms with Crippen LogP contribution >= 0.6 is 0 Å². The van der Waals surface area contributed by atoms with Crippen molar-refractivity contribution >= 4 is 0 Å². The molecular weight excluding hydrogens is 236 g/mol. The first kappa shape index (κ1) is 12.2. The smallest absolute Gasteiger partial charge is 0.204 e. The number of benzene rings is 1. The first-order chi connectivity index (χ1) is 8.72. The summed E-state index contributed by atoms with van der Waals surface area (Å²) in [5.74, 6) is 1.65. The lowest BCUT2D eigenvalue weighted by atomic mass is 10.1. The third-order valence-corrected chi connectivity index (χ3v) is 2.58. The third kappa shape index (κ3) is 1.84. The highest BCUT2D eigenvalue weighted by molar-refractivity contribution is 5.79. The number of hydrogen-bond acceptors (Lipinski definition) is 5. The molecular formula is C13H14O5. The van der Waals surface area contributed by atoms with E-state index >= 15 is 0 Å². The van der Waals surface area contributed by atoms with Crippen molar-refractivity contribution in [2.24, 2.45) is 0 Å². The van der Waals surface area contributed by atoms with Gasteiger partial charge in [0.15, 0.2) is 11.5 Å². The van der Waals surface area contributed by atoms with Gasteiger partial charge >= 0.3 is 0 Å². The SMILES string of the molecule is COc1cc(O)c(-c2ccco2)c(OC)c1OC. The van der Waals surface area contributed by atoms with Gasteiger partial charge in [-0.2, -0.15) is 0 Å². The van der Waals surface area contributed by atoms with Gasteiger partial charge in [-0.15, -0.1) is 0 Å². The molecule has 1 aromatic heterocycles. The van der Waals surface area contributed by atoms with E-state index < -0.39 is 0 Å². The highest BCUT2D eigenvalue weighted by atomic mass is 16.5. The van der Waals surface area contributed by atoms with Crippen molar-refractivity contribution in [3.63, 3.8) is 0 Å². The van der Waals surface area contributed by atoms with Crippen LogP contribution in [0, 0.1) is 0 Å². The van der Waals surface area contributed by atoms with E-state index in [0.717, 1.165) is 0 Å². The molecule has 0 saturated heterocycles. The molecule has 0 atom stereocenters. The Morgan fingerprint density at radius 1 is 1.06 bits per heavy atom. The first-order valence-electron chi connectivity index (χ1n) is 5.28. The molecule has 0 bridgehead atoms. The Hall–Kier alpha value is -2.30. The third-order valence-electron chi connectivity index (χ3n) is 2.58. The largest absolute Gasteiger partial charge is 0.507 e. The second-order valence-electron chi connectivity index (χ2n) is 3.52. The molecule has 96 valence electrons. The van der Waals surface area contributed by atoms with Crippen molar-refractivity contribution in [2.45, 2.75) is 0 Å². The van der Waals surface area contributed by atoms with Gasteiger partial charge in [-0.05, 0) is 12.1 Å². The maximum absolute atomic E-state index is 10.1. The minimum Gasteiger partial charge on any atom is -0.507 e. The van der Waals surface area contributed by atoms with Gasteiger partial charge in [0.1, 0.15) is 17.1 Å². The van der Waals surface area contributed by atoms with E-state index in [1.165, 1.54) is 33.7 Å². The summed E-state index contributed by atoms with van der Waals surface area (Å²) in [6.45, 7) is 0. The summed E-state index contributed by atoms with van der Waals surface area (Å²) >= 11 is 0. The molecule has 0 radical (unpaired) electrons. The molecule has 5 nitrogen and oxygen atoms in total. The monoisotopic (exact) mass is 250 g/mol. The van der Waals surface area contributed by atoms with Crippen LogP contribution in [-0.4, -0.2) is 26.4 Å². The summed E-state index contributed by atoms with van der Waals surface area (Å²) < 4.78 is 21.0. The predicted octanol–water partition coefficient (Wildman–Crippen LogP) is 2.68. The predicted molar refractivity (Wildman–Crippen MR) is 65.5 cm³/mol. The molecule has 1 heterocycles. The molecule has 1 N–H and O–H groups in total. The Bertz CT molecular complexity index is 531. The molecule has 0 saturated carbocycles. The minimum absolute atomic E-state index is 0.000509. The van der Waals surface area contributed by atoms with Crippen LogP contribution in [0.4, 0.5) is 0 Å². The molecule has 2 aromatic rings. The van der Waals surface area contributed by atoms with Crippen LogP contribution in [0.15, 0.2) is 28.9 Å². The van der Waals surface area contributed by atoms with Crippen LogP contribution in [0.3, 0.4) is 0 Å². The van der Waals surface area contributed by atoms with Gasteiger partial charge in [-0.1, -0.05) is 0 Å². The van der Waals surface area contributed by atoms with Gasteiger partial charge in [0.2, 0.25) is 5.75 Å². The normalized spacial score (nSPS) is 10.2. The van der Waals surface area contributed by atoms with Gasteiger partial charge < -0.3 is 23.7 Å². The molecule has 0 aliphatic carbocycles. The first-order valence-corrected chi connectivity index (χ1v) is 5.28. The van der Waals surface area contributed by atoms with Crippen molar-refractivity contribution in [1.29, 1.82) is 0 Å². The fourth-order valence-corrected chi connectivity index (χ4v) is 1.80. The average molecular weight is 250 g/mol. The maximum atomic E-state index is 10.1. The molecule has 0 aliphatic rings. The Morgan fingerprint density at radius 2 is 1.78 bits per heavy atom. The quantitative estimate of drug-likeness (QED) is 0.903. The fraction of sp³-hybridized carbons (Fsp3) is 0.231. The zero-order chi connectivity index (χ0) is 13.1. The van der Waals surface area contributed by atoms with E-state index in [2.05, 4.69) is 0 Å². The second kappa shape index (κ2) is 4.91. The number of rotatable bonds is 4. The van der Waals surface area contributed by atoms with Gasteiger partial charge in [0.25, 0.3) is 0 Å². The highest BCUT2D eigenvalue weighted by Crippen LogP contribution is 2.49. The number of furan rings is 1. The lowest BCUT2D eigenvalue weighted by Gasteiger charge is -2.16. The van der Waals surface area contributed by atoms with Gasteiger partial charge in [-0.3, -0.25) is 0 Å². The van der Waals surface area contributed by atoms with Gasteiger partial charge in [0, 0.05) is 6.07 Å². The number of phenolic OH excluding ortho intramolecular Hbond substituents is 1. The number of hydrogen-bond donors (Lipinski definition) is 1. The van der Waals surface area contributed by atoms with Gasteiger partial charge in [-0.25, -0.2) is 0 Å². The topological polar surface area (TPSA) is 61.1 Å². The highest BCUT2D eigenvalue weighted by Gasteiger charge is 2.23. The molecule has 2 rings (SSSR count). The Balaban J connectivity index is 2.73. The van der Waals surface area contributed by atoms with E-state index in [1.807, 2.05) is 0 Å². The summed E-state index contributed by atoms with van der Waals surface area (Å²) in [6.07, 6.45) is 1.52. The average Bonchev–Trinajstić information content (AvgIpc) is 2.90. The fourth-order valence-electron chi connectivity index (χ4n) is 1.80. The molecule has 0 amide bonds. The summed E-state index contributed by atoms with van der Waals surface area (Å²) in [4.78, 5) is 0. The standard InChI is InChI=1S/C13H14O5/c1-15-10-7-8(14)11(9-5-4-6-18-9)13(17-3)12(10)16-2/h4-7,14H,1-3H3. The number of methoxy groups -OCH3 is 3. The molecule has 0 spiro atoms. The Kier molecular flexibility index (Phi) is 3.32. The Labute approximate surface area is 105 Å². The lowest BCUT2D eigenvalue weighted by Crippen LogP contribution is -1.97. The molecule has 0 fully saturated rings. The molecule has 5 heteroatoms. The number of phenols is 1. The van der Waals surface area contributed by atoms with E-state index in [0.29, 0.717) is 28.6 Å². The lowest BCUT2D eigenvalue weighted by molar-refractivity contribution is 0.321. The minimum atomic E-state index is -0.000509. The summed E-state index contributed by atoms with van der Waals surface area (Å²) in [5.41, 5.74) is 0.431. The summed E-state index contributed by atoms with van der Waals surface area (Å²) in [6, 6.07) is 4.91. The van der Waals surface area contributed by atoms with Crippen molar-refractivity contribution in [3.8, 4) is 34.3 Å². The van der Waals surface area contributed by atoms with Crippen LogP contribution in [-0.2, 0) is 0 Å². The maximum Gasteiger partial charge on any atom is 0.204 e. The van der Waals surface area contributed by atoms with Crippen LogP contribution in [0.2, 0.25) is 0 Å². The van der Waals surface area contributed by atoms with E-state index in [1.54, 1.807) is 12.1 Å². The van der Waals surface area contributed by atoms with Crippen molar-refractivity contribution in [3.05, 3.63) is 24.5 Å². The second-order valence-corrected chi connectivity index (χ2v) is 3.52. The van der Waals surface area contributed by atoms with Crippen molar-refractivity contribution in [2.75, 3.05) is 21.3 Å². The summed E-state index contributed by atoms with van der Waals surface area (Å²) in [5, 5.41) is 10.1. The molecule has 1 aromatic carbocycles. The zero-order valence-electron chi connectivity index (χ0n) is 10.4. The Morgan fingerprint density at radius 3 is 2.28 bits per heavy atom. The van der Waals surface area contributed by atoms with Crippen LogP contribution in [0.1, 0.15) is 0 Å². The van der Waals surface area contributed by atoms with Crippen LogP contribution in [0.25, 0.3) is 11.3 Å². The van der Waals surface area contributed by atoms with E-state index in [-0.39, 0.29) is 5.75 Å². The van der Waals surface area contributed by atoms with Crippen molar-refractivity contribution in [1.82, 2.24) is 0 Å². The van der Waals surface area contributed by atoms with Gasteiger partial charge in [0.05, 0.1) is 27.6 Å². The van der Waals surface area contributed by atoms with Crippen LogP contribution < -0.4 is 14.2 Å². The van der Waals surface area contributed by atoms with E-state index in [4.69, 9.17) is 18.6 Å². The van der Waals surface area contributed by atoms with Crippen LogP contribution in [0.5, 0.6) is 23.0 Å². The molecule has 0 unspecified atom stereocenters. The van der Waals surface area contributed by atoms with Crippen molar-refractivity contribution < 1.29 is 23.7 Å². The number of ether oxygens (including phenoxy) is 3. The summed E-state index contributed by atoms with van der Waals surface area (Å²) in [7, 11) is 4.48. The van der Waals surface area contributed by atoms with E-state index in [9.17, 15) is 5.11 Å². The molecule has 0 aliphatic heterocycles. The number of aromatic hydroxyl groups is 1. The molecule has 18 heavy (non-hydrogen) atoms. The zero-order valence-corrected chi connectivity index (χ0v) is 10.4.